The molecule has 0 unspecified atom stereocenters. The normalized spacial score (nSPS) is 21.9. The van der Waals surface area contributed by atoms with Crippen LogP contribution in [0, 0.1) is 11.3 Å². The van der Waals surface area contributed by atoms with Gasteiger partial charge >= 0.3 is 6.03 Å². The quantitative estimate of drug-likeness (QED) is 0.832. The van der Waals surface area contributed by atoms with Crippen molar-refractivity contribution in [3.8, 4) is 5.75 Å². The lowest BCUT2D eigenvalue weighted by Crippen LogP contribution is -2.54. The zero-order chi connectivity index (χ0) is 19.7. The van der Waals surface area contributed by atoms with Crippen LogP contribution in [0.2, 0.25) is 0 Å². The number of nitrogens with one attached hydrogen (secondary N) is 1. The van der Waals surface area contributed by atoms with Gasteiger partial charge in [-0.25, -0.2) is 13.2 Å². The van der Waals surface area contributed by atoms with Gasteiger partial charge in [0.15, 0.2) is 0 Å². The zero-order valence-electron chi connectivity index (χ0n) is 16.3. The molecular formula is C19H29N3O4S. The number of carbonyl (C=O) groups is 1. The number of fused-ring (bicyclic) bond motifs is 1. The Morgan fingerprint density at radius 3 is 2.56 bits per heavy atom. The van der Waals surface area contributed by atoms with Crippen molar-refractivity contribution < 1.29 is 17.9 Å². The number of amides is 2. The second-order valence-corrected chi connectivity index (χ2v) is 9.88. The molecule has 7 nitrogen and oxygen atoms in total. The minimum atomic E-state index is -3.63. The van der Waals surface area contributed by atoms with E-state index < -0.39 is 10.0 Å². The van der Waals surface area contributed by atoms with Gasteiger partial charge in [0.25, 0.3) is 0 Å². The Morgan fingerprint density at radius 1 is 1.26 bits per heavy atom. The molecule has 150 valence electrons. The Balaban J connectivity index is 1.93. The molecule has 2 aliphatic rings. The van der Waals surface area contributed by atoms with Gasteiger partial charge in [0.2, 0.25) is 10.0 Å². The maximum Gasteiger partial charge on any atom is 0.317 e. The van der Waals surface area contributed by atoms with Crippen molar-refractivity contribution >= 4 is 16.1 Å². The maximum atomic E-state index is 13.3. The number of hydrogen-bond donors (Lipinski definition) is 1. The average Bonchev–Trinajstić information content (AvgIpc) is 2.65. The molecule has 0 aromatic heterocycles. The van der Waals surface area contributed by atoms with E-state index in [1.165, 1.54) is 0 Å². The summed E-state index contributed by atoms with van der Waals surface area (Å²) in [5.41, 5.74) is -0.292. The van der Waals surface area contributed by atoms with Gasteiger partial charge in [0.05, 0.1) is 6.61 Å². The number of nitrogens with zero attached hydrogens (tertiary/aromatic N) is 2. The summed E-state index contributed by atoms with van der Waals surface area (Å²) in [6.07, 6.45) is 1.43. The first-order valence-corrected chi connectivity index (χ1v) is 10.9. The summed E-state index contributed by atoms with van der Waals surface area (Å²) in [5, 5.41) is 2.66. The number of carbonyl (C=O) groups excluding carboxylic acids is 1. The van der Waals surface area contributed by atoms with Crippen molar-refractivity contribution in [3.63, 3.8) is 0 Å². The minimum absolute atomic E-state index is 0.0892. The number of rotatable bonds is 2. The summed E-state index contributed by atoms with van der Waals surface area (Å²) in [6, 6.07) is 6.77. The van der Waals surface area contributed by atoms with Crippen LogP contribution in [-0.2, 0) is 10.0 Å². The van der Waals surface area contributed by atoms with Crippen LogP contribution in [-0.4, -0.2) is 63.5 Å². The lowest BCUT2D eigenvalue weighted by Gasteiger charge is -2.45. The molecule has 1 aromatic rings. The van der Waals surface area contributed by atoms with Gasteiger partial charge in [-0.3, -0.25) is 0 Å². The third kappa shape index (κ3) is 4.06. The van der Waals surface area contributed by atoms with E-state index in [0.717, 1.165) is 0 Å². The minimum Gasteiger partial charge on any atom is -0.492 e. The van der Waals surface area contributed by atoms with E-state index in [2.05, 4.69) is 5.32 Å². The first-order chi connectivity index (χ1) is 12.8. The van der Waals surface area contributed by atoms with E-state index in [-0.39, 0.29) is 22.3 Å². The Hall–Kier alpha value is -1.80. The molecule has 1 N–H and O–H groups in total. The molecule has 1 saturated heterocycles. The number of sulfonamides is 1. The highest BCUT2D eigenvalue weighted by atomic mass is 32.2. The van der Waals surface area contributed by atoms with Gasteiger partial charge in [0.1, 0.15) is 10.6 Å². The fourth-order valence-corrected chi connectivity index (χ4v) is 5.72. The average molecular weight is 396 g/mol. The smallest absolute Gasteiger partial charge is 0.317 e. The van der Waals surface area contributed by atoms with E-state index in [0.29, 0.717) is 51.4 Å². The van der Waals surface area contributed by atoms with E-state index in [1.807, 2.05) is 13.8 Å². The summed E-state index contributed by atoms with van der Waals surface area (Å²) in [6.45, 7) is 6.59. The fraction of sp³-hybridized carbons (Fsp3) is 0.632. The number of para-hydroxylation sites is 1. The topological polar surface area (TPSA) is 79.0 Å². The zero-order valence-corrected chi connectivity index (χ0v) is 17.1. The molecule has 0 atom stereocenters. The van der Waals surface area contributed by atoms with Crippen LogP contribution in [0.3, 0.4) is 0 Å². The summed E-state index contributed by atoms with van der Waals surface area (Å²) in [4.78, 5) is 13.9. The molecule has 27 heavy (non-hydrogen) atoms. The number of piperidine rings is 1. The molecular weight excluding hydrogens is 366 g/mol. The highest BCUT2D eigenvalue weighted by molar-refractivity contribution is 7.89. The molecule has 2 aliphatic heterocycles. The molecule has 1 aromatic carbocycles. The highest BCUT2D eigenvalue weighted by Crippen LogP contribution is 2.39. The lowest BCUT2D eigenvalue weighted by atomic mass is 9.78. The van der Waals surface area contributed by atoms with Crippen LogP contribution in [0.5, 0.6) is 5.75 Å². The molecule has 0 radical (unpaired) electrons. The van der Waals surface area contributed by atoms with E-state index in [4.69, 9.17) is 4.74 Å². The third-order valence-electron chi connectivity index (χ3n) is 5.41. The summed E-state index contributed by atoms with van der Waals surface area (Å²) in [5.74, 6) is 0.634. The number of likely N-dealkylation sites (tertiary alicyclic amines) is 1. The Bertz CT molecular complexity index is 786. The van der Waals surface area contributed by atoms with Crippen molar-refractivity contribution in [1.82, 2.24) is 14.5 Å². The number of urea groups is 1. The Labute approximate surface area is 161 Å². The lowest BCUT2D eigenvalue weighted by molar-refractivity contribution is 0.0440. The number of benzene rings is 1. The molecule has 2 heterocycles. The van der Waals surface area contributed by atoms with Crippen LogP contribution < -0.4 is 10.1 Å². The molecule has 1 spiro atoms. The van der Waals surface area contributed by atoms with Crippen molar-refractivity contribution in [2.75, 3.05) is 39.8 Å². The van der Waals surface area contributed by atoms with Crippen molar-refractivity contribution in [2.24, 2.45) is 11.3 Å². The van der Waals surface area contributed by atoms with Crippen LogP contribution in [0.25, 0.3) is 0 Å². The van der Waals surface area contributed by atoms with Crippen molar-refractivity contribution in [2.45, 2.75) is 31.6 Å². The summed E-state index contributed by atoms with van der Waals surface area (Å²) >= 11 is 0. The first kappa shape index (κ1) is 19.9. The summed E-state index contributed by atoms with van der Waals surface area (Å²) < 4.78 is 34.3. The molecule has 0 saturated carbocycles. The molecule has 0 bridgehead atoms. The van der Waals surface area contributed by atoms with E-state index >= 15 is 0 Å². The van der Waals surface area contributed by atoms with Gasteiger partial charge in [-0.2, -0.15) is 4.31 Å². The molecule has 3 rings (SSSR count). The second kappa shape index (κ2) is 7.67. The Morgan fingerprint density at radius 2 is 1.93 bits per heavy atom. The fourth-order valence-electron chi connectivity index (χ4n) is 3.87. The predicted molar refractivity (Wildman–Crippen MR) is 103 cm³/mol. The first-order valence-electron chi connectivity index (χ1n) is 9.46. The van der Waals surface area contributed by atoms with Crippen LogP contribution in [0.15, 0.2) is 29.2 Å². The number of ether oxygens (including phenoxy) is 1. The summed E-state index contributed by atoms with van der Waals surface area (Å²) in [7, 11) is -2.01. The number of hydrogen-bond acceptors (Lipinski definition) is 4. The van der Waals surface area contributed by atoms with Gasteiger partial charge in [-0.1, -0.05) is 26.0 Å². The second-order valence-electron chi connectivity index (χ2n) is 7.97. The molecule has 2 amide bonds. The van der Waals surface area contributed by atoms with Crippen LogP contribution >= 0.6 is 0 Å². The largest absolute Gasteiger partial charge is 0.492 e. The SMILES string of the molecule is CNC(=O)N1CCC2(CC1)COc1ccccc1S(=O)(=O)N(CC(C)C)C2. The van der Waals surface area contributed by atoms with Crippen molar-refractivity contribution in [1.29, 1.82) is 0 Å². The van der Waals surface area contributed by atoms with Crippen molar-refractivity contribution in [3.05, 3.63) is 24.3 Å². The molecule has 0 aliphatic carbocycles. The monoisotopic (exact) mass is 395 g/mol. The maximum absolute atomic E-state index is 13.3. The van der Waals surface area contributed by atoms with Crippen LogP contribution in [0.4, 0.5) is 4.79 Å². The van der Waals surface area contributed by atoms with Gasteiger partial charge < -0.3 is 15.0 Å². The van der Waals surface area contributed by atoms with E-state index in [1.54, 1.807) is 40.5 Å². The Kier molecular flexibility index (Phi) is 5.67. The van der Waals surface area contributed by atoms with Gasteiger partial charge in [-0.05, 0) is 30.9 Å². The molecule has 1 fully saturated rings. The third-order valence-corrected chi connectivity index (χ3v) is 7.26. The van der Waals surface area contributed by atoms with Gasteiger partial charge in [0, 0.05) is 38.6 Å². The molecule has 8 heteroatoms. The highest BCUT2D eigenvalue weighted by Gasteiger charge is 2.43. The van der Waals surface area contributed by atoms with Crippen LogP contribution in [0.1, 0.15) is 26.7 Å². The van der Waals surface area contributed by atoms with E-state index in [9.17, 15) is 13.2 Å². The standard InChI is InChI=1S/C19H29N3O4S/c1-15(2)12-22-13-19(8-10-21(11-9-19)18(23)20-3)14-26-16-6-4-5-7-17(16)27(22,24)25/h4-7,15H,8-14H2,1-3H3,(H,20,23). The predicted octanol–water partition coefficient (Wildman–Crippen LogP) is 2.15. The van der Waals surface area contributed by atoms with Gasteiger partial charge in [-0.15, -0.1) is 0 Å².